The summed E-state index contributed by atoms with van der Waals surface area (Å²) in [5, 5.41) is 8.04. The van der Waals surface area contributed by atoms with Gasteiger partial charge in [-0.15, -0.1) is 0 Å². The average molecular weight is 1260 g/mol. The third-order valence-corrected chi connectivity index (χ3v) is 15.2. The lowest BCUT2D eigenvalue weighted by atomic mass is 10.1. The van der Waals surface area contributed by atoms with Gasteiger partial charge in [-0.1, -0.05) is 203 Å². The van der Waals surface area contributed by atoms with E-state index in [1.54, 1.807) is 0 Å². The molecule has 16 heteroatoms. The zero-order valence-corrected chi connectivity index (χ0v) is 56.7. The first-order valence-corrected chi connectivity index (χ1v) is 35.6. The molecule has 0 bridgehead atoms. The van der Waals surface area contributed by atoms with Crippen LogP contribution >= 0.6 is 0 Å². The largest absolute Gasteiger partial charge is 0.464 e. The third kappa shape index (κ3) is 60.0. The van der Waals surface area contributed by atoms with Crippen molar-refractivity contribution in [3.8, 4) is 0 Å². The minimum Gasteiger partial charge on any atom is -0.464 e. The van der Waals surface area contributed by atoms with Crippen molar-refractivity contribution < 1.29 is 57.3 Å². The monoisotopic (exact) mass is 1260 g/mol. The van der Waals surface area contributed by atoms with E-state index < -0.39 is 60.4 Å². The van der Waals surface area contributed by atoms with E-state index in [1.807, 2.05) is 0 Å². The fourth-order valence-electron chi connectivity index (χ4n) is 9.53. The van der Waals surface area contributed by atoms with E-state index in [9.17, 15) is 38.4 Å². The lowest BCUT2D eigenvalue weighted by Gasteiger charge is -2.18. The molecule has 1 unspecified atom stereocenters. The Morgan fingerprint density at radius 3 is 1.19 bits per heavy atom. The standard InChI is InChI=1S/C74H126N4O12/c1-4-7-10-13-16-19-22-25-28-31-34-37-40-43-46-51-60-87-73(85)66(75)63-89-71(83)58-56-70(82)77-65(62-79)53-49-50-59-76-68(80)55-57-72(84)90-64-67(78-69(81)54-48-45-42-39-36-33-30-27-24-21-18-15-12-9-6-3)74(86)88-61-52-47-44-41-38-35-32-29-26-23-20-17-14-11-8-5-2/h16-21,25-30,62,65-67H,4-15,22-24,31-61,63-64,75H2,1-3H3,(H,76,80)(H,77,82)(H,78,81)/b19-16-,20-17-,21-18-,28-25-,29-26-,30-27-/t65?,66-,67-/m0/s1. The van der Waals surface area contributed by atoms with E-state index >= 15 is 0 Å². The summed E-state index contributed by atoms with van der Waals surface area (Å²) in [6.07, 6.45) is 66.1. The van der Waals surface area contributed by atoms with Gasteiger partial charge in [0.1, 0.15) is 25.5 Å². The van der Waals surface area contributed by atoms with Gasteiger partial charge < -0.3 is 45.4 Å². The molecular formula is C74H126N4O12. The molecule has 0 fully saturated rings. The maximum Gasteiger partial charge on any atom is 0.332 e. The fraction of sp³-hybridized carbons (Fsp3) is 0.730. The zero-order chi connectivity index (χ0) is 65.9. The molecule has 0 saturated heterocycles. The van der Waals surface area contributed by atoms with Crippen LogP contribution < -0.4 is 21.7 Å². The molecule has 0 aliphatic carbocycles. The predicted octanol–water partition coefficient (Wildman–Crippen LogP) is 15.9. The van der Waals surface area contributed by atoms with Crippen molar-refractivity contribution in [1.82, 2.24) is 16.0 Å². The number of nitrogens with two attached hydrogens (primary N) is 1. The highest BCUT2D eigenvalue weighted by Crippen LogP contribution is 2.13. The first-order valence-electron chi connectivity index (χ1n) is 35.6. The summed E-state index contributed by atoms with van der Waals surface area (Å²) in [5.74, 6) is -3.99. The van der Waals surface area contributed by atoms with Crippen molar-refractivity contribution in [2.75, 3.05) is 33.0 Å². The van der Waals surface area contributed by atoms with Gasteiger partial charge in [0.25, 0.3) is 0 Å². The molecule has 16 nitrogen and oxygen atoms in total. The summed E-state index contributed by atoms with van der Waals surface area (Å²) in [6, 6.07) is -3.13. The van der Waals surface area contributed by atoms with Gasteiger partial charge in [-0.05, 0) is 135 Å². The second-order valence-electron chi connectivity index (χ2n) is 23.7. The van der Waals surface area contributed by atoms with Gasteiger partial charge in [-0.2, -0.15) is 0 Å². The number of amides is 3. The zero-order valence-electron chi connectivity index (χ0n) is 56.7. The lowest BCUT2D eigenvalue weighted by molar-refractivity contribution is -0.155. The molecule has 0 aliphatic rings. The Kier molecular flexibility index (Phi) is 62.1. The highest BCUT2D eigenvalue weighted by atomic mass is 16.6. The van der Waals surface area contributed by atoms with Crippen LogP contribution in [-0.4, -0.2) is 99.0 Å². The Labute approximate surface area is 545 Å². The lowest BCUT2D eigenvalue weighted by Crippen LogP contribution is -2.45. The van der Waals surface area contributed by atoms with Gasteiger partial charge in [0.2, 0.25) is 17.7 Å². The van der Waals surface area contributed by atoms with Crippen molar-refractivity contribution in [3.05, 3.63) is 72.9 Å². The Hall–Kier alpha value is -5.64. The summed E-state index contributed by atoms with van der Waals surface area (Å²) in [4.78, 5) is 100. The Balaban J connectivity index is 4.57. The first kappa shape index (κ1) is 84.4. The van der Waals surface area contributed by atoms with Crippen molar-refractivity contribution in [1.29, 1.82) is 0 Å². The van der Waals surface area contributed by atoms with Gasteiger partial charge in [-0.25, -0.2) is 4.79 Å². The van der Waals surface area contributed by atoms with Crippen LogP contribution in [0.1, 0.15) is 297 Å². The van der Waals surface area contributed by atoms with Crippen molar-refractivity contribution in [3.63, 3.8) is 0 Å². The van der Waals surface area contributed by atoms with Crippen LogP contribution in [0.4, 0.5) is 0 Å². The molecule has 0 aromatic rings. The van der Waals surface area contributed by atoms with Crippen LogP contribution in [0, 0.1) is 0 Å². The number of rotatable bonds is 64. The van der Waals surface area contributed by atoms with Crippen molar-refractivity contribution in [2.45, 2.75) is 315 Å². The van der Waals surface area contributed by atoms with Crippen LogP contribution in [-0.2, 0) is 57.3 Å². The molecule has 0 heterocycles. The molecule has 0 aromatic heterocycles. The first-order chi connectivity index (χ1) is 44.0. The number of allylic oxidation sites excluding steroid dienone is 12. The Morgan fingerprint density at radius 1 is 0.367 bits per heavy atom. The number of carbonyl (C=O) groups is 8. The molecule has 0 rings (SSSR count). The summed E-state index contributed by atoms with van der Waals surface area (Å²) in [6.45, 7) is 6.55. The second kappa shape index (κ2) is 66.3. The van der Waals surface area contributed by atoms with Gasteiger partial charge in [-0.3, -0.25) is 28.8 Å². The number of hydrogen-bond acceptors (Lipinski definition) is 13. The molecule has 514 valence electrons. The highest BCUT2D eigenvalue weighted by molar-refractivity contribution is 5.85. The SMILES string of the molecule is CCCCC/C=C\C/C=C\CCCCCCCCOC(=O)[C@H](COC(=O)CCC(=O)NCCCCC(C=O)NC(=O)CCC(=O)OC[C@H](N)C(=O)OCCCCCCCC/C=C\C/C=C\CCCCC)NC(=O)CCCCCCC/C=C\C/C=C\CCCCC. The molecule has 0 saturated carbocycles. The van der Waals surface area contributed by atoms with Gasteiger partial charge in [0.05, 0.1) is 32.1 Å². The predicted molar refractivity (Wildman–Crippen MR) is 365 cm³/mol. The van der Waals surface area contributed by atoms with Crippen LogP contribution in [0.5, 0.6) is 0 Å². The number of nitrogens with one attached hydrogen (secondary N) is 3. The van der Waals surface area contributed by atoms with E-state index in [0.29, 0.717) is 38.4 Å². The number of esters is 4. The van der Waals surface area contributed by atoms with Crippen LogP contribution in [0.3, 0.4) is 0 Å². The molecular weight excluding hydrogens is 1140 g/mol. The molecule has 90 heavy (non-hydrogen) atoms. The van der Waals surface area contributed by atoms with E-state index in [2.05, 4.69) is 110 Å². The number of hydrogen-bond donors (Lipinski definition) is 4. The van der Waals surface area contributed by atoms with Crippen LogP contribution in [0.15, 0.2) is 72.9 Å². The molecule has 0 aromatic carbocycles. The normalized spacial score (nSPS) is 12.8. The average Bonchev–Trinajstić information content (AvgIpc) is 3.70. The van der Waals surface area contributed by atoms with Gasteiger partial charge in [0, 0.05) is 25.8 Å². The minimum atomic E-state index is -1.18. The molecule has 0 radical (unpaired) electrons. The molecule has 5 N–H and O–H groups in total. The quantitative estimate of drug-likeness (QED) is 0.0146. The Morgan fingerprint density at radius 2 is 0.744 bits per heavy atom. The van der Waals surface area contributed by atoms with Crippen LogP contribution in [0.25, 0.3) is 0 Å². The van der Waals surface area contributed by atoms with E-state index in [4.69, 9.17) is 24.7 Å². The highest BCUT2D eigenvalue weighted by Gasteiger charge is 2.25. The molecule has 3 atom stereocenters. The van der Waals surface area contributed by atoms with Crippen LogP contribution in [0.2, 0.25) is 0 Å². The fourth-order valence-corrected chi connectivity index (χ4v) is 9.53. The van der Waals surface area contributed by atoms with E-state index in [1.165, 1.54) is 64.2 Å². The summed E-state index contributed by atoms with van der Waals surface area (Å²) >= 11 is 0. The van der Waals surface area contributed by atoms with Crippen molar-refractivity contribution >= 4 is 47.9 Å². The summed E-state index contributed by atoms with van der Waals surface area (Å²) in [7, 11) is 0. The number of unbranched alkanes of at least 4 members (excludes halogenated alkanes) is 27. The number of ether oxygens (including phenoxy) is 4. The topological polar surface area (TPSA) is 236 Å². The second-order valence-corrected chi connectivity index (χ2v) is 23.7. The summed E-state index contributed by atoms with van der Waals surface area (Å²) in [5.41, 5.74) is 5.86. The molecule has 0 aliphatic heterocycles. The molecule has 0 spiro atoms. The number of aldehydes is 1. The van der Waals surface area contributed by atoms with Crippen molar-refractivity contribution in [2.24, 2.45) is 5.73 Å². The van der Waals surface area contributed by atoms with Gasteiger partial charge in [0.15, 0.2) is 6.04 Å². The minimum absolute atomic E-state index is 0.163. The number of carbonyl (C=O) groups excluding carboxylic acids is 8. The Bertz CT molecular complexity index is 2000. The van der Waals surface area contributed by atoms with E-state index in [-0.39, 0.29) is 64.4 Å². The third-order valence-electron chi connectivity index (χ3n) is 15.2. The maximum absolute atomic E-state index is 13.2. The summed E-state index contributed by atoms with van der Waals surface area (Å²) < 4.78 is 21.3. The van der Waals surface area contributed by atoms with E-state index in [0.717, 1.165) is 148 Å². The maximum atomic E-state index is 13.2. The molecule has 3 amide bonds. The van der Waals surface area contributed by atoms with Gasteiger partial charge >= 0.3 is 23.9 Å². The smallest absolute Gasteiger partial charge is 0.332 e.